The third kappa shape index (κ3) is 4.37. The van der Waals surface area contributed by atoms with E-state index in [1.807, 2.05) is 23.0 Å². The summed E-state index contributed by atoms with van der Waals surface area (Å²) in [5.74, 6) is 1.44. The van der Waals surface area contributed by atoms with Crippen LogP contribution in [0.1, 0.15) is 70.8 Å². The smallest absolute Gasteiger partial charge is 0.144 e. The van der Waals surface area contributed by atoms with Crippen LogP contribution in [-0.4, -0.2) is 20.2 Å². The average molecular weight is 485 g/mol. The molecule has 4 nitrogen and oxygen atoms in total. The Bertz CT molecular complexity index is 1360. The molecular formula is C33H32N4. The van der Waals surface area contributed by atoms with Crippen molar-refractivity contribution < 1.29 is 0 Å². The van der Waals surface area contributed by atoms with E-state index < -0.39 is 5.54 Å². The topological polar surface area (TPSA) is 43.6 Å². The molecule has 0 bridgehead atoms. The molecule has 1 saturated carbocycles. The Labute approximate surface area is 219 Å². The van der Waals surface area contributed by atoms with Crippen molar-refractivity contribution in [2.45, 2.75) is 50.5 Å². The minimum Gasteiger partial charge on any atom is -0.144 e. The van der Waals surface area contributed by atoms with Crippen LogP contribution in [0.3, 0.4) is 0 Å². The Morgan fingerprint density at radius 1 is 0.730 bits per heavy atom. The van der Waals surface area contributed by atoms with E-state index in [1.54, 1.807) is 0 Å². The molecule has 4 heteroatoms. The summed E-state index contributed by atoms with van der Waals surface area (Å²) in [5.41, 5.74) is 6.65. The van der Waals surface area contributed by atoms with Crippen LogP contribution in [0, 0.1) is 6.92 Å². The van der Waals surface area contributed by atoms with Crippen molar-refractivity contribution in [1.29, 1.82) is 0 Å². The highest BCUT2D eigenvalue weighted by Crippen LogP contribution is 2.40. The molecule has 1 fully saturated rings. The average Bonchev–Trinajstić information content (AvgIpc) is 3.65. The second kappa shape index (κ2) is 10.1. The number of aryl methyl sites for hydroxylation is 1. The number of nitrogens with zero attached hydrogens (tertiary/aromatic N) is 4. The molecule has 0 radical (unpaired) electrons. The van der Waals surface area contributed by atoms with Gasteiger partial charge in [0.2, 0.25) is 0 Å². The van der Waals surface area contributed by atoms with Crippen molar-refractivity contribution in [3.63, 3.8) is 0 Å². The van der Waals surface area contributed by atoms with Crippen molar-refractivity contribution in [3.05, 3.63) is 148 Å². The summed E-state index contributed by atoms with van der Waals surface area (Å²) in [6.07, 6.45) is 5.99. The van der Waals surface area contributed by atoms with E-state index in [0.717, 1.165) is 28.4 Å². The monoisotopic (exact) mass is 484 g/mol. The lowest BCUT2D eigenvalue weighted by Gasteiger charge is -2.34. The lowest BCUT2D eigenvalue weighted by Crippen LogP contribution is -2.39. The van der Waals surface area contributed by atoms with Crippen molar-refractivity contribution in [1.82, 2.24) is 20.2 Å². The van der Waals surface area contributed by atoms with Crippen LogP contribution in [0.15, 0.2) is 109 Å². The molecule has 1 aliphatic rings. The first-order valence-electron chi connectivity index (χ1n) is 13.3. The van der Waals surface area contributed by atoms with Crippen LogP contribution in [0.5, 0.6) is 0 Å². The quantitative estimate of drug-likeness (QED) is 0.232. The summed E-state index contributed by atoms with van der Waals surface area (Å²) in [7, 11) is 0. The SMILES string of the molecule is Cc1cc(Cc2nnn(C(c3ccccc3)(c3ccccc3)c3ccccc3)n2)ccc1C1CCCC1. The summed E-state index contributed by atoms with van der Waals surface area (Å²) < 4.78 is 0. The summed E-state index contributed by atoms with van der Waals surface area (Å²) in [6, 6.07) is 38.3. The van der Waals surface area contributed by atoms with Crippen LogP contribution in [-0.2, 0) is 12.0 Å². The number of hydrogen-bond donors (Lipinski definition) is 0. The van der Waals surface area contributed by atoms with Gasteiger partial charge in [0.05, 0.1) is 0 Å². The third-order valence-corrected chi connectivity index (χ3v) is 7.82. The maximum absolute atomic E-state index is 5.03. The van der Waals surface area contributed by atoms with Crippen molar-refractivity contribution in [2.75, 3.05) is 0 Å². The molecule has 0 N–H and O–H groups in total. The van der Waals surface area contributed by atoms with E-state index in [2.05, 4.69) is 108 Å². The van der Waals surface area contributed by atoms with Gasteiger partial charge in [-0.2, -0.15) is 0 Å². The van der Waals surface area contributed by atoms with Crippen molar-refractivity contribution in [3.8, 4) is 0 Å². The Balaban J connectivity index is 1.43. The fraction of sp³-hybridized carbons (Fsp3) is 0.242. The first kappa shape index (κ1) is 23.4. The normalized spacial score (nSPS) is 14.2. The molecule has 184 valence electrons. The van der Waals surface area contributed by atoms with Crippen LogP contribution in [0.25, 0.3) is 0 Å². The van der Waals surface area contributed by atoms with Gasteiger partial charge in [-0.3, -0.25) is 0 Å². The van der Waals surface area contributed by atoms with E-state index >= 15 is 0 Å². The number of benzene rings is 4. The first-order valence-corrected chi connectivity index (χ1v) is 13.3. The maximum atomic E-state index is 5.03. The molecule has 6 rings (SSSR count). The fourth-order valence-corrected chi connectivity index (χ4v) is 6.07. The molecule has 1 heterocycles. The molecular weight excluding hydrogens is 452 g/mol. The van der Waals surface area contributed by atoms with Crippen LogP contribution in [0.2, 0.25) is 0 Å². The maximum Gasteiger partial charge on any atom is 0.179 e. The first-order chi connectivity index (χ1) is 18.2. The third-order valence-electron chi connectivity index (χ3n) is 7.82. The number of tetrazole rings is 1. The highest BCUT2D eigenvalue weighted by Gasteiger charge is 2.41. The van der Waals surface area contributed by atoms with E-state index in [-0.39, 0.29) is 0 Å². The molecule has 0 atom stereocenters. The van der Waals surface area contributed by atoms with Gasteiger partial charge < -0.3 is 0 Å². The second-order valence-corrected chi connectivity index (χ2v) is 10.2. The summed E-state index contributed by atoms with van der Waals surface area (Å²) in [5, 5.41) is 14.3. The molecule has 0 spiro atoms. The van der Waals surface area contributed by atoms with E-state index in [0.29, 0.717) is 6.42 Å². The minimum atomic E-state index is -0.739. The molecule has 4 aromatic carbocycles. The lowest BCUT2D eigenvalue weighted by atomic mass is 9.77. The van der Waals surface area contributed by atoms with Crippen LogP contribution >= 0.6 is 0 Å². The lowest BCUT2D eigenvalue weighted by molar-refractivity contribution is 0.394. The van der Waals surface area contributed by atoms with E-state index in [1.165, 1.54) is 42.4 Å². The van der Waals surface area contributed by atoms with E-state index in [9.17, 15) is 0 Å². The molecule has 0 amide bonds. The predicted molar refractivity (Wildman–Crippen MR) is 148 cm³/mol. The molecule has 1 aromatic heterocycles. The van der Waals surface area contributed by atoms with Crippen molar-refractivity contribution in [2.24, 2.45) is 0 Å². The van der Waals surface area contributed by atoms with Gasteiger partial charge in [-0.05, 0) is 64.3 Å². The predicted octanol–water partition coefficient (Wildman–Crippen LogP) is 7.07. The van der Waals surface area contributed by atoms with Gasteiger partial charge in [-0.1, -0.05) is 122 Å². The second-order valence-electron chi connectivity index (χ2n) is 10.2. The van der Waals surface area contributed by atoms with Gasteiger partial charge in [-0.25, -0.2) is 0 Å². The summed E-state index contributed by atoms with van der Waals surface area (Å²) in [6.45, 7) is 2.24. The van der Waals surface area contributed by atoms with Gasteiger partial charge in [-0.15, -0.1) is 15.0 Å². The Morgan fingerprint density at radius 2 is 1.27 bits per heavy atom. The Morgan fingerprint density at radius 3 is 1.78 bits per heavy atom. The van der Waals surface area contributed by atoms with Crippen LogP contribution in [0.4, 0.5) is 0 Å². The van der Waals surface area contributed by atoms with Gasteiger partial charge >= 0.3 is 0 Å². The van der Waals surface area contributed by atoms with Crippen molar-refractivity contribution >= 4 is 0 Å². The fourth-order valence-electron chi connectivity index (χ4n) is 6.07. The van der Waals surface area contributed by atoms with Crippen LogP contribution < -0.4 is 0 Å². The Hall–Kier alpha value is -4.05. The summed E-state index contributed by atoms with van der Waals surface area (Å²) in [4.78, 5) is 1.81. The van der Waals surface area contributed by atoms with Gasteiger partial charge in [0, 0.05) is 6.42 Å². The number of aromatic nitrogens is 4. The standard InChI is InChI=1S/C33H32N4/c1-25-23-26(21-22-31(25)27-13-11-12-14-27)24-32-34-36-37(35-32)33(28-15-5-2-6-16-28,29-17-7-3-8-18-29)30-19-9-4-10-20-30/h2-10,15-23,27H,11-14,24H2,1H3. The molecule has 0 aliphatic heterocycles. The molecule has 5 aromatic rings. The van der Waals surface area contributed by atoms with Gasteiger partial charge in [0.15, 0.2) is 11.4 Å². The molecule has 0 unspecified atom stereocenters. The number of rotatable bonds is 7. The number of hydrogen-bond acceptors (Lipinski definition) is 3. The molecule has 37 heavy (non-hydrogen) atoms. The minimum absolute atomic E-state index is 0.653. The van der Waals surface area contributed by atoms with E-state index in [4.69, 9.17) is 5.10 Å². The highest BCUT2D eigenvalue weighted by atomic mass is 15.6. The highest BCUT2D eigenvalue weighted by molar-refractivity contribution is 5.49. The zero-order chi connectivity index (χ0) is 25.1. The Kier molecular flexibility index (Phi) is 6.40. The zero-order valence-corrected chi connectivity index (χ0v) is 21.3. The molecule has 1 aliphatic carbocycles. The largest absolute Gasteiger partial charge is 0.179 e. The van der Waals surface area contributed by atoms with Gasteiger partial charge in [0.1, 0.15) is 0 Å². The molecule has 0 saturated heterocycles. The van der Waals surface area contributed by atoms with Gasteiger partial charge in [0.25, 0.3) is 0 Å². The summed E-state index contributed by atoms with van der Waals surface area (Å²) >= 11 is 0. The zero-order valence-electron chi connectivity index (χ0n) is 21.3.